The van der Waals surface area contributed by atoms with Gasteiger partial charge in [0.25, 0.3) is 0 Å². The van der Waals surface area contributed by atoms with Gasteiger partial charge in [-0.2, -0.15) is 5.26 Å². The van der Waals surface area contributed by atoms with Crippen molar-refractivity contribution in [1.29, 1.82) is 5.26 Å². The second-order valence-corrected chi connectivity index (χ2v) is 6.71. The van der Waals surface area contributed by atoms with Gasteiger partial charge >= 0.3 is 5.97 Å². The molecule has 0 aliphatic carbocycles. The van der Waals surface area contributed by atoms with Crippen molar-refractivity contribution >= 4 is 34.4 Å². The van der Waals surface area contributed by atoms with Gasteiger partial charge in [0.1, 0.15) is 0 Å². The molecule has 0 bridgehead atoms. The van der Waals surface area contributed by atoms with E-state index in [4.69, 9.17) is 16.9 Å². The summed E-state index contributed by atoms with van der Waals surface area (Å²) < 4.78 is 1.85. The molecule has 142 valence electrons. The fraction of sp³-hybridized carbons (Fsp3) is 0.238. The van der Waals surface area contributed by atoms with E-state index < -0.39 is 11.9 Å². The topological polar surface area (TPSA) is 96.0 Å². The molecule has 7 heteroatoms. The lowest BCUT2D eigenvalue weighted by atomic mass is 9.98. The van der Waals surface area contributed by atoms with E-state index >= 15 is 0 Å². The van der Waals surface area contributed by atoms with Gasteiger partial charge in [0.05, 0.1) is 40.0 Å². The molecule has 1 N–H and O–H groups in total. The number of fused-ring (bicyclic) bond motifs is 1. The highest BCUT2D eigenvalue weighted by atomic mass is 35.5. The van der Waals surface area contributed by atoms with Gasteiger partial charge < -0.3 is 9.67 Å². The molecule has 3 aromatic rings. The SMILES string of the molecule is CCC(C(=O)O)c1cnc2c(C(=O)CCl)c(C)n(-c3ccc(C#N)cc3)c2c1. The van der Waals surface area contributed by atoms with Crippen molar-refractivity contribution in [3.8, 4) is 11.8 Å². The number of aromatic nitrogens is 2. The third-order valence-electron chi connectivity index (χ3n) is 4.83. The minimum atomic E-state index is -0.922. The number of carbonyl (C=O) groups is 2. The van der Waals surface area contributed by atoms with Crippen LogP contribution in [0, 0.1) is 18.3 Å². The largest absolute Gasteiger partial charge is 0.481 e. The van der Waals surface area contributed by atoms with Gasteiger partial charge in [0.15, 0.2) is 5.78 Å². The number of ketones is 1. The van der Waals surface area contributed by atoms with E-state index in [-0.39, 0.29) is 11.7 Å². The maximum absolute atomic E-state index is 12.5. The van der Waals surface area contributed by atoms with E-state index in [0.717, 1.165) is 5.69 Å². The van der Waals surface area contributed by atoms with Crippen molar-refractivity contribution in [2.45, 2.75) is 26.2 Å². The fourth-order valence-corrected chi connectivity index (χ4v) is 3.59. The van der Waals surface area contributed by atoms with Crippen LogP contribution in [-0.4, -0.2) is 32.3 Å². The molecular weight excluding hydrogens is 378 g/mol. The van der Waals surface area contributed by atoms with Crippen molar-refractivity contribution in [2.24, 2.45) is 0 Å². The number of rotatable bonds is 6. The summed E-state index contributed by atoms with van der Waals surface area (Å²) in [6.07, 6.45) is 1.94. The molecule has 2 aromatic heterocycles. The van der Waals surface area contributed by atoms with Crippen LogP contribution in [0.2, 0.25) is 0 Å². The summed E-state index contributed by atoms with van der Waals surface area (Å²) in [5, 5.41) is 18.5. The predicted octanol–water partition coefficient (Wildman–Crippen LogP) is 4.21. The molecule has 2 heterocycles. The van der Waals surface area contributed by atoms with Crippen molar-refractivity contribution < 1.29 is 14.7 Å². The summed E-state index contributed by atoms with van der Waals surface area (Å²) >= 11 is 5.80. The number of hydrogen-bond acceptors (Lipinski definition) is 4. The van der Waals surface area contributed by atoms with Gasteiger partial charge in [-0.3, -0.25) is 14.6 Å². The number of Topliss-reactive ketones (excluding diaryl/α,β-unsaturated/α-hetero) is 1. The molecule has 3 rings (SSSR count). The Kier molecular flexibility index (Phi) is 5.48. The number of alkyl halides is 1. The fourth-order valence-electron chi connectivity index (χ4n) is 3.46. The van der Waals surface area contributed by atoms with Gasteiger partial charge in [-0.05, 0) is 49.2 Å². The summed E-state index contributed by atoms with van der Waals surface area (Å²) in [4.78, 5) is 28.5. The summed E-state index contributed by atoms with van der Waals surface area (Å²) in [5.74, 6) is -2.03. The molecule has 0 spiro atoms. The molecule has 1 unspecified atom stereocenters. The molecular formula is C21H18ClN3O3. The van der Waals surface area contributed by atoms with Gasteiger partial charge in [-0.1, -0.05) is 6.92 Å². The molecule has 1 aromatic carbocycles. The van der Waals surface area contributed by atoms with E-state index in [1.807, 2.05) is 4.57 Å². The van der Waals surface area contributed by atoms with Crippen molar-refractivity contribution in [1.82, 2.24) is 9.55 Å². The van der Waals surface area contributed by atoms with Crippen molar-refractivity contribution in [3.05, 3.63) is 58.9 Å². The lowest BCUT2D eigenvalue weighted by Gasteiger charge is -2.12. The molecule has 6 nitrogen and oxygen atoms in total. The predicted molar refractivity (Wildman–Crippen MR) is 106 cm³/mol. The number of halogens is 1. The first-order valence-corrected chi connectivity index (χ1v) is 9.29. The van der Waals surface area contributed by atoms with Crippen LogP contribution in [0.15, 0.2) is 36.5 Å². The highest BCUT2D eigenvalue weighted by molar-refractivity contribution is 6.32. The molecule has 0 aliphatic heterocycles. The van der Waals surface area contributed by atoms with Crippen molar-refractivity contribution in [3.63, 3.8) is 0 Å². The Morgan fingerprint density at radius 2 is 2.00 bits per heavy atom. The van der Waals surface area contributed by atoms with E-state index in [1.54, 1.807) is 44.2 Å². The smallest absolute Gasteiger partial charge is 0.311 e. The average molecular weight is 396 g/mol. The molecule has 0 saturated carbocycles. The third kappa shape index (κ3) is 3.25. The lowest BCUT2D eigenvalue weighted by molar-refractivity contribution is -0.138. The minimum absolute atomic E-state index is 0.177. The Bertz CT molecular complexity index is 1110. The standard InChI is InChI=1S/C21H18ClN3O3/c1-3-16(21(27)28)14-8-17-20(24-11-14)19(18(26)9-22)12(2)25(17)15-6-4-13(10-23)5-7-15/h4-8,11,16H,3,9H2,1-2H3,(H,27,28). The molecule has 0 saturated heterocycles. The van der Waals surface area contributed by atoms with E-state index in [1.165, 1.54) is 6.20 Å². The van der Waals surface area contributed by atoms with Gasteiger partial charge in [0, 0.05) is 17.6 Å². The highest BCUT2D eigenvalue weighted by Crippen LogP contribution is 2.31. The Balaban J connectivity index is 2.33. The first-order chi connectivity index (χ1) is 13.4. The zero-order valence-electron chi connectivity index (χ0n) is 15.4. The van der Waals surface area contributed by atoms with Crippen LogP contribution in [-0.2, 0) is 4.79 Å². The number of aliphatic carboxylic acids is 1. The second kappa shape index (κ2) is 7.83. The molecule has 28 heavy (non-hydrogen) atoms. The summed E-state index contributed by atoms with van der Waals surface area (Å²) in [6, 6.07) is 10.8. The van der Waals surface area contributed by atoms with Crippen molar-refractivity contribution in [2.75, 3.05) is 5.88 Å². The molecule has 0 fully saturated rings. The van der Waals surface area contributed by atoms with Crippen LogP contribution in [0.3, 0.4) is 0 Å². The first kappa shape index (κ1) is 19.6. The Morgan fingerprint density at radius 3 is 2.54 bits per heavy atom. The lowest BCUT2D eigenvalue weighted by Crippen LogP contribution is -2.11. The van der Waals surface area contributed by atoms with Gasteiger partial charge in [0.2, 0.25) is 0 Å². The zero-order valence-corrected chi connectivity index (χ0v) is 16.2. The molecule has 1 atom stereocenters. The van der Waals surface area contributed by atoms with Crippen LogP contribution in [0.25, 0.3) is 16.7 Å². The number of carboxylic acid groups (broad SMARTS) is 1. The number of nitrogens with zero attached hydrogens (tertiary/aromatic N) is 3. The van der Waals surface area contributed by atoms with Gasteiger partial charge in [-0.25, -0.2) is 0 Å². The number of pyridine rings is 1. The second-order valence-electron chi connectivity index (χ2n) is 6.45. The molecule has 0 aliphatic rings. The number of carboxylic acids is 1. The number of hydrogen-bond donors (Lipinski definition) is 1. The van der Waals surface area contributed by atoms with Crippen LogP contribution in [0.1, 0.15) is 46.4 Å². The quantitative estimate of drug-likeness (QED) is 0.498. The average Bonchev–Trinajstić information content (AvgIpc) is 2.99. The van der Waals surface area contributed by atoms with E-state index in [0.29, 0.717) is 39.8 Å². The van der Waals surface area contributed by atoms with Crippen LogP contribution >= 0.6 is 11.6 Å². The Hall–Kier alpha value is -3.17. The maximum Gasteiger partial charge on any atom is 0.311 e. The Morgan fingerprint density at radius 1 is 1.32 bits per heavy atom. The summed E-state index contributed by atoms with van der Waals surface area (Å²) in [7, 11) is 0. The zero-order chi connectivity index (χ0) is 20.4. The Labute approximate surface area is 167 Å². The third-order valence-corrected chi connectivity index (χ3v) is 5.07. The number of nitriles is 1. The molecule has 0 amide bonds. The first-order valence-electron chi connectivity index (χ1n) is 8.76. The summed E-state index contributed by atoms with van der Waals surface area (Å²) in [5.41, 5.74) is 4.04. The number of benzene rings is 1. The van der Waals surface area contributed by atoms with Crippen LogP contribution in [0.4, 0.5) is 0 Å². The maximum atomic E-state index is 12.5. The highest BCUT2D eigenvalue weighted by Gasteiger charge is 2.24. The van der Waals surface area contributed by atoms with E-state index in [9.17, 15) is 14.7 Å². The van der Waals surface area contributed by atoms with Crippen LogP contribution in [0.5, 0.6) is 0 Å². The monoisotopic (exact) mass is 395 g/mol. The van der Waals surface area contributed by atoms with E-state index in [2.05, 4.69) is 11.1 Å². The van der Waals surface area contributed by atoms with Gasteiger partial charge in [-0.15, -0.1) is 11.6 Å². The minimum Gasteiger partial charge on any atom is -0.481 e. The normalized spacial score (nSPS) is 11.9. The summed E-state index contributed by atoms with van der Waals surface area (Å²) in [6.45, 7) is 3.60. The number of carbonyl (C=O) groups excluding carboxylic acids is 1. The van der Waals surface area contributed by atoms with Crippen LogP contribution < -0.4 is 0 Å². The molecule has 0 radical (unpaired) electrons.